The maximum Gasteiger partial charge on any atom is 0.119 e. The zero-order chi connectivity index (χ0) is 9.14. The number of rotatable bonds is 2. The van der Waals surface area contributed by atoms with Gasteiger partial charge in [-0.3, -0.25) is 0 Å². The molecule has 0 aliphatic heterocycles. The van der Waals surface area contributed by atoms with Gasteiger partial charge in [-0.25, -0.2) is 0 Å². The summed E-state index contributed by atoms with van der Waals surface area (Å²) >= 11 is 4.13. The Kier molecular flexibility index (Phi) is 3.04. The summed E-state index contributed by atoms with van der Waals surface area (Å²) in [6, 6.07) is 3.84. The predicted octanol–water partition coefficient (Wildman–Crippen LogP) is 2.48. The highest BCUT2D eigenvalue weighted by molar-refractivity contribution is 7.80. The molecule has 0 saturated carbocycles. The largest absolute Gasteiger partial charge is 0.508 e. The molecule has 1 rings (SSSR count). The number of benzene rings is 1. The second-order valence-corrected chi connectivity index (χ2v) is 3.49. The van der Waals surface area contributed by atoms with E-state index in [-0.39, 0.29) is 0 Å². The maximum absolute atomic E-state index is 9.51. The molecule has 0 bridgehead atoms. The summed E-state index contributed by atoms with van der Waals surface area (Å²) in [5.74, 6) is 1.17. The molecule has 0 atom stereocenters. The maximum atomic E-state index is 9.51. The number of thiol groups is 1. The lowest BCUT2D eigenvalue weighted by Crippen LogP contribution is -1.90. The Morgan fingerprint density at radius 1 is 1.25 bits per heavy atom. The summed E-state index contributed by atoms with van der Waals surface area (Å²) in [6.45, 7) is 4.05. The molecule has 2 heteroatoms. The Morgan fingerprint density at radius 3 is 2.42 bits per heavy atom. The number of aryl methyl sites for hydroxylation is 3. The molecular weight excluding hydrogens is 168 g/mol. The van der Waals surface area contributed by atoms with Crippen LogP contribution < -0.4 is 0 Å². The lowest BCUT2D eigenvalue weighted by atomic mass is 10.0. The van der Waals surface area contributed by atoms with Gasteiger partial charge in [0.1, 0.15) is 5.75 Å². The minimum atomic E-state index is 0.396. The number of aromatic hydroxyl groups is 1. The lowest BCUT2D eigenvalue weighted by Gasteiger charge is -2.06. The summed E-state index contributed by atoms with van der Waals surface area (Å²) in [5.41, 5.74) is 3.35. The molecule has 0 unspecified atom stereocenters. The Labute approximate surface area is 78.8 Å². The molecular formula is C10H14OS. The van der Waals surface area contributed by atoms with Crippen molar-refractivity contribution in [2.45, 2.75) is 20.3 Å². The fourth-order valence-electron chi connectivity index (χ4n) is 1.18. The Hall–Kier alpha value is -0.630. The number of hydrogen-bond donors (Lipinski definition) is 2. The van der Waals surface area contributed by atoms with E-state index in [2.05, 4.69) is 19.6 Å². The number of phenolic OH excluding ortho intramolecular Hbond substituents is 1. The van der Waals surface area contributed by atoms with Crippen LogP contribution in [0.25, 0.3) is 0 Å². The van der Waals surface area contributed by atoms with Gasteiger partial charge < -0.3 is 5.11 Å². The molecule has 0 spiro atoms. The van der Waals surface area contributed by atoms with Gasteiger partial charge in [0.05, 0.1) is 0 Å². The van der Waals surface area contributed by atoms with Gasteiger partial charge in [0, 0.05) is 0 Å². The minimum absolute atomic E-state index is 0.396. The summed E-state index contributed by atoms with van der Waals surface area (Å²) in [4.78, 5) is 0. The third kappa shape index (κ3) is 1.95. The SMILES string of the molecule is Cc1cc(O)c(CCS)cc1C. The zero-order valence-corrected chi connectivity index (χ0v) is 8.36. The van der Waals surface area contributed by atoms with E-state index in [1.54, 1.807) is 0 Å². The Morgan fingerprint density at radius 2 is 1.83 bits per heavy atom. The van der Waals surface area contributed by atoms with Crippen LogP contribution in [0, 0.1) is 13.8 Å². The van der Waals surface area contributed by atoms with Crippen molar-refractivity contribution in [1.82, 2.24) is 0 Å². The first-order valence-corrected chi connectivity index (χ1v) is 4.68. The van der Waals surface area contributed by atoms with Crippen molar-refractivity contribution in [2.75, 3.05) is 5.75 Å². The second kappa shape index (κ2) is 3.85. The van der Waals surface area contributed by atoms with Crippen molar-refractivity contribution in [3.8, 4) is 5.75 Å². The van der Waals surface area contributed by atoms with Crippen LogP contribution >= 0.6 is 12.6 Å². The van der Waals surface area contributed by atoms with Crippen LogP contribution in [0.1, 0.15) is 16.7 Å². The van der Waals surface area contributed by atoms with Crippen molar-refractivity contribution >= 4 is 12.6 Å². The molecule has 1 aromatic carbocycles. The van der Waals surface area contributed by atoms with Gasteiger partial charge in [0.2, 0.25) is 0 Å². The highest BCUT2D eigenvalue weighted by Gasteiger charge is 2.02. The molecule has 0 amide bonds. The highest BCUT2D eigenvalue weighted by Crippen LogP contribution is 2.22. The molecule has 0 saturated heterocycles. The van der Waals surface area contributed by atoms with Crippen LogP contribution in [-0.2, 0) is 6.42 Å². The first-order chi connectivity index (χ1) is 5.65. The van der Waals surface area contributed by atoms with E-state index >= 15 is 0 Å². The minimum Gasteiger partial charge on any atom is -0.508 e. The summed E-state index contributed by atoms with van der Waals surface area (Å²) in [7, 11) is 0. The van der Waals surface area contributed by atoms with E-state index in [4.69, 9.17) is 0 Å². The zero-order valence-electron chi connectivity index (χ0n) is 7.46. The van der Waals surface area contributed by atoms with Gasteiger partial charge in [-0.05, 0) is 48.8 Å². The van der Waals surface area contributed by atoms with Crippen molar-refractivity contribution in [3.05, 3.63) is 28.8 Å². The first kappa shape index (κ1) is 9.46. The normalized spacial score (nSPS) is 10.2. The molecule has 0 fully saturated rings. The van der Waals surface area contributed by atoms with Crippen LogP contribution in [0.3, 0.4) is 0 Å². The lowest BCUT2D eigenvalue weighted by molar-refractivity contribution is 0.468. The van der Waals surface area contributed by atoms with Crippen LogP contribution in [0.15, 0.2) is 12.1 Å². The third-order valence-electron chi connectivity index (χ3n) is 2.08. The van der Waals surface area contributed by atoms with E-state index in [0.29, 0.717) is 5.75 Å². The topological polar surface area (TPSA) is 20.2 Å². The van der Waals surface area contributed by atoms with Crippen molar-refractivity contribution in [3.63, 3.8) is 0 Å². The van der Waals surface area contributed by atoms with E-state index in [1.807, 2.05) is 19.1 Å². The summed E-state index contributed by atoms with van der Waals surface area (Å²) in [5, 5.41) is 9.51. The van der Waals surface area contributed by atoms with Gasteiger partial charge in [0.15, 0.2) is 0 Å². The second-order valence-electron chi connectivity index (χ2n) is 3.04. The van der Waals surface area contributed by atoms with Gasteiger partial charge in [0.25, 0.3) is 0 Å². The average Bonchev–Trinajstić information content (AvgIpc) is 2.01. The monoisotopic (exact) mass is 182 g/mol. The van der Waals surface area contributed by atoms with Crippen LogP contribution in [-0.4, -0.2) is 10.9 Å². The Bertz CT molecular complexity index is 281. The summed E-state index contributed by atoms with van der Waals surface area (Å²) < 4.78 is 0. The number of phenols is 1. The Balaban J connectivity index is 3.05. The molecule has 1 N–H and O–H groups in total. The van der Waals surface area contributed by atoms with Crippen LogP contribution in [0.2, 0.25) is 0 Å². The molecule has 0 aromatic heterocycles. The molecule has 0 radical (unpaired) electrons. The molecule has 12 heavy (non-hydrogen) atoms. The third-order valence-corrected chi connectivity index (χ3v) is 2.30. The van der Waals surface area contributed by atoms with Gasteiger partial charge in [-0.2, -0.15) is 12.6 Å². The molecule has 1 aromatic rings. The van der Waals surface area contributed by atoms with Crippen LogP contribution in [0.5, 0.6) is 5.75 Å². The average molecular weight is 182 g/mol. The smallest absolute Gasteiger partial charge is 0.119 e. The first-order valence-electron chi connectivity index (χ1n) is 4.05. The van der Waals surface area contributed by atoms with Crippen molar-refractivity contribution < 1.29 is 5.11 Å². The van der Waals surface area contributed by atoms with Crippen molar-refractivity contribution in [1.29, 1.82) is 0 Å². The fourth-order valence-corrected chi connectivity index (χ4v) is 1.42. The van der Waals surface area contributed by atoms with Gasteiger partial charge in [-0.15, -0.1) is 0 Å². The van der Waals surface area contributed by atoms with E-state index < -0.39 is 0 Å². The molecule has 0 heterocycles. The van der Waals surface area contributed by atoms with Crippen molar-refractivity contribution in [2.24, 2.45) is 0 Å². The quantitative estimate of drug-likeness (QED) is 0.673. The number of hydrogen-bond acceptors (Lipinski definition) is 2. The van der Waals surface area contributed by atoms with Gasteiger partial charge in [-0.1, -0.05) is 6.07 Å². The molecule has 66 valence electrons. The van der Waals surface area contributed by atoms with Gasteiger partial charge >= 0.3 is 0 Å². The molecule has 0 aliphatic carbocycles. The molecule has 1 nitrogen and oxygen atoms in total. The van der Waals surface area contributed by atoms with E-state index in [1.165, 1.54) is 5.56 Å². The highest BCUT2D eigenvalue weighted by atomic mass is 32.1. The molecule has 0 aliphatic rings. The van der Waals surface area contributed by atoms with Crippen LogP contribution in [0.4, 0.5) is 0 Å². The fraction of sp³-hybridized carbons (Fsp3) is 0.400. The van der Waals surface area contributed by atoms with E-state index in [9.17, 15) is 5.11 Å². The summed E-state index contributed by atoms with van der Waals surface area (Å²) in [6.07, 6.45) is 0.829. The van der Waals surface area contributed by atoms with E-state index in [0.717, 1.165) is 23.3 Å². The standard InChI is InChI=1S/C10H14OS/c1-7-5-9(3-4-12)10(11)6-8(7)2/h5-6,11-12H,3-4H2,1-2H3. The predicted molar refractivity (Wildman–Crippen MR) is 55.1 cm³/mol.